The van der Waals surface area contributed by atoms with E-state index in [0.29, 0.717) is 34.9 Å². The minimum absolute atomic E-state index is 0.0869. The molecule has 0 aliphatic heterocycles. The fraction of sp³-hybridized carbons (Fsp3) is 0.222. The number of hydrogen-bond acceptors (Lipinski definition) is 4. The number of rotatable bonds is 10. The first-order valence-corrected chi connectivity index (χ1v) is 11.9. The van der Waals surface area contributed by atoms with Crippen LogP contribution in [0, 0.1) is 5.82 Å². The second-order valence-electron chi connectivity index (χ2n) is 7.86. The lowest BCUT2D eigenvalue weighted by atomic mass is 10.1. The lowest BCUT2D eigenvalue weighted by Crippen LogP contribution is -2.34. The van der Waals surface area contributed by atoms with Gasteiger partial charge in [0.25, 0.3) is 11.8 Å². The molecule has 0 heterocycles. The molecule has 8 heteroatoms. The van der Waals surface area contributed by atoms with Gasteiger partial charge >= 0.3 is 0 Å². The number of unbranched alkanes of at least 4 members (excludes halogenated alkanes) is 3. The Kier molecular flexibility index (Phi) is 9.74. The van der Waals surface area contributed by atoms with E-state index >= 15 is 0 Å². The summed E-state index contributed by atoms with van der Waals surface area (Å²) in [5, 5.41) is 8.37. The molecule has 0 fully saturated rings. The van der Waals surface area contributed by atoms with Gasteiger partial charge in [-0.05, 0) is 73.2 Å². The Labute approximate surface area is 209 Å². The second kappa shape index (κ2) is 13.2. The van der Waals surface area contributed by atoms with Crippen LogP contribution in [-0.4, -0.2) is 23.5 Å². The summed E-state index contributed by atoms with van der Waals surface area (Å²) in [6, 6.07) is 19.2. The fourth-order valence-corrected chi connectivity index (χ4v) is 3.51. The summed E-state index contributed by atoms with van der Waals surface area (Å²) in [4.78, 5) is 25.3. The van der Waals surface area contributed by atoms with Crippen molar-refractivity contribution in [2.24, 2.45) is 0 Å². The minimum Gasteiger partial charge on any atom is -0.493 e. The van der Waals surface area contributed by atoms with E-state index in [1.54, 1.807) is 42.5 Å². The summed E-state index contributed by atoms with van der Waals surface area (Å²) in [6.45, 7) is 2.69. The third kappa shape index (κ3) is 8.19. The van der Waals surface area contributed by atoms with Crippen molar-refractivity contribution in [1.29, 1.82) is 0 Å². The zero-order chi connectivity index (χ0) is 25.0. The summed E-state index contributed by atoms with van der Waals surface area (Å²) >= 11 is 5.30. The molecule has 0 saturated heterocycles. The Bertz CT molecular complexity index is 1170. The van der Waals surface area contributed by atoms with E-state index < -0.39 is 5.91 Å². The predicted molar refractivity (Wildman–Crippen MR) is 141 cm³/mol. The number of amides is 2. The molecule has 182 valence electrons. The van der Waals surface area contributed by atoms with E-state index in [4.69, 9.17) is 17.0 Å². The summed E-state index contributed by atoms with van der Waals surface area (Å²) < 4.78 is 18.9. The average Bonchev–Trinajstić information content (AvgIpc) is 2.85. The zero-order valence-corrected chi connectivity index (χ0v) is 20.3. The van der Waals surface area contributed by atoms with E-state index in [2.05, 4.69) is 22.9 Å². The maximum atomic E-state index is 13.1. The summed E-state index contributed by atoms with van der Waals surface area (Å²) in [6.07, 6.45) is 4.31. The Morgan fingerprint density at radius 2 is 1.63 bits per heavy atom. The maximum Gasteiger partial charge on any atom is 0.261 e. The first-order chi connectivity index (χ1) is 17.0. The van der Waals surface area contributed by atoms with Gasteiger partial charge in [-0.15, -0.1) is 0 Å². The third-order valence-electron chi connectivity index (χ3n) is 5.10. The van der Waals surface area contributed by atoms with Crippen LogP contribution in [-0.2, 0) is 0 Å². The predicted octanol–water partition coefficient (Wildman–Crippen LogP) is 6.16. The monoisotopic (exact) mass is 493 g/mol. The van der Waals surface area contributed by atoms with Crippen LogP contribution in [0.1, 0.15) is 53.3 Å². The number of carbonyl (C=O) groups excluding carboxylic acids is 2. The van der Waals surface area contributed by atoms with Crippen LogP contribution in [0.3, 0.4) is 0 Å². The number of ether oxygens (including phenoxy) is 1. The normalized spacial score (nSPS) is 10.3. The number of para-hydroxylation sites is 1. The highest BCUT2D eigenvalue weighted by Gasteiger charge is 2.14. The molecule has 3 aromatic carbocycles. The Balaban J connectivity index is 1.57. The molecule has 0 bridgehead atoms. The van der Waals surface area contributed by atoms with Gasteiger partial charge in [-0.2, -0.15) is 0 Å². The van der Waals surface area contributed by atoms with E-state index in [-0.39, 0.29) is 16.8 Å². The number of anilines is 2. The molecule has 0 radical (unpaired) electrons. The molecule has 0 aromatic heterocycles. The number of benzene rings is 3. The molecule has 0 atom stereocenters. The quantitative estimate of drug-likeness (QED) is 0.233. The van der Waals surface area contributed by atoms with Crippen LogP contribution in [0.4, 0.5) is 15.8 Å². The molecule has 0 aliphatic rings. The van der Waals surface area contributed by atoms with Gasteiger partial charge in [0.2, 0.25) is 0 Å². The van der Waals surface area contributed by atoms with Gasteiger partial charge in [0.1, 0.15) is 11.6 Å². The van der Waals surface area contributed by atoms with Gasteiger partial charge in [-0.1, -0.05) is 44.4 Å². The van der Waals surface area contributed by atoms with E-state index in [1.165, 1.54) is 24.3 Å². The van der Waals surface area contributed by atoms with Crippen LogP contribution in [0.5, 0.6) is 5.75 Å². The number of nitrogens with one attached hydrogen (secondary N) is 3. The molecule has 0 aliphatic carbocycles. The molecule has 3 aromatic rings. The smallest absolute Gasteiger partial charge is 0.261 e. The Morgan fingerprint density at radius 3 is 2.40 bits per heavy atom. The number of thiocarbonyl (C=S) groups is 1. The van der Waals surface area contributed by atoms with Crippen LogP contribution in [0.2, 0.25) is 0 Å². The van der Waals surface area contributed by atoms with E-state index in [1.807, 2.05) is 6.07 Å². The maximum absolute atomic E-state index is 13.1. The van der Waals surface area contributed by atoms with Gasteiger partial charge in [-0.3, -0.25) is 14.9 Å². The number of carbonyl (C=O) groups is 2. The largest absolute Gasteiger partial charge is 0.493 e. The van der Waals surface area contributed by atoms with Crippen LogP contribution in [0.15, 0.2) is 72.8 Å². The highest BCUT2D eigenvalue weighted by molar-refractivity contribution is 7.80. The van der Waals surface area contributed by atoms with E-state index in [0.717, 1.165) is 25.7 Å². The SMILES string of the molecule is CCCCCCOc1ccccc1C(=O)NC(=S)Nc1cccc(C(=O)Nc2ccc(F)cc2)c1. The first kappa shape index (κ1) is 25.8. The van der Waals surface area contributed by atoms with Crippen LogP contribution < -0.4 is 20.7 Å². The minimum atomic E-state index is -0.392. The van der Waals surface area contributed by atoms with Gasteiger partial charge in [0.05, 0.1) is 12.2 Å². The van der Waals surface area contributed by atoms with Crippen molar-refractivity contribution in [3.05, 3.63) is 89.7 Å². The molecule has 0 saturated carbocycles. The standard InChI is InChI=1S/C27H28FN3O3S/c1-2-3-4-7-17-34-24-12-6-5-11-23(24)26(33)31-27(35)30-22-10-8-9-19(18-22)25(32)29-21-15-13-20(28)14-16-21/h5-6,8-16,18H,2-4,7,17H2,1H3,(H,29,32)(H2,30,31,33,35). The van der Waals surface area contributed by atoms with Gasteiger partial charge in [0, 0.05) is 16.9 Å². The number of halogens is 1. The topological polar surface area (TPSA) is 79.5 Å². The molecular weight excluding hydrogens is 465 g/mol. The van der Waals surface area contributed by atoms with Crippen molar-refractivity contribution in [1.82, 2.24) is 5.32 Å². The van der Waals surface area contributed by atoms with Crippen molar-refractivity contribution in [3.63, 3.8) is 0 Å². The van der Waals surface area contributed by atoms with Crippen molar-refractivity contribution >= 4 is 40.5 Å². The summed E-state index contributed by atoms with van der Waals surface area (Å²) in [5.41, 5.74) is 1.76. The molecule has 6 nitrogen and oxygen atoms in total. The van der Waals surface area contributed by atoms with Gasteiger partial charge in [-0.25, -0.2) is 4.39 Å². The van der Waals surface area contributed by atoms with Crippen molar-refractivity contribution in [2.75, 3.05) is 17.2 Å². The first-order valence-electron chi connectivity index (χ1n) is 11.5. The molecule has 35 heavy (non-hydrogen) atoms. The van der Waals surface area contributed by atoms with Gasteiger partial charge in [0.15, 0.2) is 5.11 Å². The van der Waals surface area contributed by atoms with Gasteiger partial charge < -0.3 is 15.4 Å². The molecule has 3 N–H and O–H groups in total. The zero-order valence-electron chi connectivity index (χ0n) is 19.5. The van der Waals surface area contributed by atoms with Crippen molar-refractivity contribution in [2.45, 2.75) is 32.6 Å². The highest BCUT2D eigenvalue weighted by Crippen LogP contribution is 2.19. The Morgan fingerprint density at radius 1 is 0.857 bits per heavy atom. The van der Waals surface area contributed by atoms with Crippen LogP contribution in [0.25, 0.3) is 0 Å². The number of hydrogen-bond donors (Lipinski definition) is 3. The Hall–Kier alpha value is -3.78. The summed E-state index contributed by atoms with van der Waals surface area (Å²) in [7, 11) is 0. The highest BCUT2D eigenvalue weighted by atomic mass is 32.1. The van der Waals surface area contributed by atoms with Crippen LogP contribution >= 0.6 is 12.2 Å². The molecule has 0 spiro atoms. The van der Waals surface area contributed by atoms with E-state index in [9.17, 15) is 14.0 Å². The lowest BCUT2D eigenvalue weighted by molar-refractivity contribution is 0.0972. The summed E-state index contributed by atoms with van der Waals surface area (Å²) in [5.74, 6) is -0.633. The third-order valence-corrected chi connectivity index (χ3v) is 5.30. The molecule has 2 amide bonds. The lowest BCUT2D eigenvalue weighted by Gasteiger charge is -2.13. The van der Waals surface area contributed by atoms with Crippen molar-refractivity contribution in [3.8, 4) is 5.75 Å². The second-order valence-corrected chi connectivity index (χ2v) is 8.26. The average molecular weight is 494 g/mol. The van der Waals surface area contributed by atoms with Crippen molar-refractivity contribution < 1.29 is 18.7 Å². The fourth-order valence-electron chi connectivity index (χ4n) is 3.30. The molecule has 0 unspecified atom stereocenters. The molecular formula is C27H28FN3O3S. The molecule has 3 rings (SSSR count).